The lowest BCUT2D eigenvalue weighted by Crippen LogP contribution is -2.09. The Balaban J connectivity index is 2.16. The van der Waals surface area contributed by atoms with Gasteiger partial charge in [-0.15, -0.1) is 0 Å². The third-order valence-corrected chi connectivity index (χ3v) is 2.69. The second-order valence-electron chi connectivity index (χ2n) is 4.00. The van der Waals surface area contributed by atoms with Crippen LogP contribution in [0.15, 0.2) is 30.5 Å². The molecule has 2 aromatic rings. The standard InChI is InChI=1S/C13H14N2O3/c1-9-5-3-4-6-11(9)18-8-10-7-14-15(2)12(10)13(16)17/h3-7H,8H2,1-2H3,(H,16,17). The quantitative estimate of drug-likeness (QED) is 0.896. The highest BCUT2D eigenvalue weighted by Gasteiger charge is 2.16. The van der Waals surface area contributed by atoms with Crippen LogP contribution in [-0.4, -0.2) is 20.9 Å². The third kappa shape index (κ3) is 2.34. The van der Waals surface area contributed by atoms with Crippen molar-refractivity contribution in [1.82, 2.24) is 9.78 Å². The van der Waals surface area contributed by atoms with E-state index in [0.29, 0.717) is 5.56 Å². The zero-order valence-electron chi connectivity index (χ0n) is 10.3. The van der Waals surface area contributed by atoms with Gasteiger partial charge in [0.15, 0.2) is 5.69 Å². The molecule has 0 bridgehead atoms. The fraction of sp³-hybridized carbons (Fsp3) is 0.231. The lowest BCUT2D eigenvalue weighted by Gasteiger charge is -2.08. The Morgan fingerprint density at radius 1 is 1.44 bits per heavy atom. The van der Waals surface area contributed by atoms with Crippen molar-refractivity contribution in [3.8, 4) is 5.75 Å². The number of para-hydroxylation sites is 1. The van der Waals surface area contributed by atoms with Crippen LogP contribution in [0, 0.1) is 6.92 Å². The molecule has 1 aromatic carbocycles. The second-order valence-corrected chi connectivity index (χ2v) is 4.00. The third-order valence-electron chi connectivity index (χ3n) is 2.69. The van der Waals surface area contributed by atoms with Crippen LogP contribution in [0.5, 0.6) is 5.75 Å². The van der Waals surface area contributed by atoms with Crippen molar-refractivity contribution >= 4 is 5.97 Å². The van der Waals surface area contributed by atoms with Crippen LogP contribution in [0.4, 0.5) is 0 Å². The molecule has 1 N–H and O–H groups in total. The number of hydrogen-bond acceptors (Lipinski definition) is 3. The molecule has 0 aliphatic rings. The average molecular weight is 246 g/mol. The van der Waals surface area contributed by atoms with E-state index in [4.69, 9.17) is 9.84 Å². The molecule has 0 spiro atoms. The van der Waals surface area contributed by atoms with Crippen molar-refractivity contribution in [3.63, 3.8) is 0 Å². The molecule has 0 fully saturated rings. The number of benzene rings is 1. The van der Waals surface area contributed by atoms with Gasteiger partial charge in [0.25, 0.3) is 0 Å². The van der Waals surface area contributed by atoms with Gasteiger partial charge in [-0.2, -0.15) is 5.10 Å². The van der Waals surface area contributed by atoms with Gasteiger partial charge < -0.3 is 9.84 Å². The molecule has 0 atom stereocenters. The van der Waals surface area contributed by atoms with Crippen LogP contribution in [-0.2, 0) is 13.7 Å². The zero-order chi connectivity index (χ0) is 13.1. The van der Waals surface area contributed by atoms with E-state index in [1.807, 2.05) is 31.2 Å². The van der Waals surface area contributed by atoms with Crippen LogP contribution in [0.1, 0.15) is 21.6 Å². The first-order valence-electron chi connectivity index (χ1n) is 5.52. The summed E-state index contributed by atoms with van der Waals surface area (Å²) in [6.45, 7) is 2.14. The molecule has 0 aliphatic carbocycles. The van der Waals surface area contributed by atoms with Crippen LogP contribution in [0.2, 0.25) is 0 Å². The zero-order valence-corrected chi connectivity index (χ0v) is 10.3. The van der Waals surface area contributed by atoms with Crippen LogP contribution >= 0.6 is 0 Å². The number of aromatic nitrogens is 2. The number of ether oxygens (including phenoxy) is 1. The Hall–Kier alpha value is -2.30. The van der Waals surface area contributed by atoms with Crippen LogP contribution < -0.4 is 4.74 Å². The maximum atomic E-state index is 11.1. The minimum Gasteiger partial charge on any atom is -0.488 e. The molecule has 1 aromatic heterocycles. The SMILES string of the molecule is Cc1ccccc1OCc1cnn(C)c1C(=O)O. The highest BCUT2D eigenvalue weighted by atomic mass is 16.5. The van der Waals surface area contributed by atoms with Crippen LogP contribution in [0.25, 0.3) is 0 Å². The normalized spacial score (nSPS) is 10.3. The Bertz CT molecular complexity index is 575. The maximum absolute atomic E-state index is 11.1. The van der Waals surface area contributed by atoms with Gasteiger partial charge in [-0.1, -0.05) is 18.2 Å². The number of nitrogens with zero attached hydrogens (tertiary/aromatic N) is 2. The number of carboxylic acid groups (broad SMARTS) is 1. The summed E-state index contributed by atoms with van der Waals surface area (Å²) < 4.78 is 6.94. The highest BCUT2D eigenvalue weighted by Crippen LogP contribution is 2.18. The Morgan fingerprint density at radius 3 is 2.83 bits per heavy atom. The van der Waals surface area contributed by atoms with Gasteiger partial charge in [-0.05, 0) is 18.6 Å². The summed E-state index contributed by atoms with van der Waals surface area (Å²) >= 11 is 0. The number of carbonyl (C=O) groups is 1. The van der Waals surface area contributed by atoms with Gasteiger partial charge >= 0.3 is 5.97 Å². The first kappa shape index (κ1) is 12.2. The number of carboxylic acids is 1. The fourth-order valence-corrected chi connectivity index (χ4v) is 1.74. The molecule has 0 saturated carbocycles. The fourth-order valence-electron chi connectivity index (χ4n) is 1.74. The van der Waals surface area contributed by atoms with E-state index in [-0.39, 0.29) is 12.3 Å². The van der Waals surface area contributed by atoms with Gasteiger partial charge in [0.2, 0.25) is 0 Å². The van der Waals surface area contributed by atoms with Gasteiger partial charge in [-0.3, -0.25) is 4.68 Å². The number of aromatic carboxylic acids is 1. The van der Waals surface area contributed by atoms with E-state index in [9.17, 15) is 4.79 Å². The molecule has 18 heavy (non-hydrogen) atoms. The molecular weight excluding hydrogens is 232 g/mol. The topological polar surface area (TPSA) is 64.4 Å². The van der Waals surface area contributed by atoms with Crippen molar-refractivity contribution < 1.29 is 14.6 Å². The first-order valence-corrected chi connectivity index (χ1v) is 5.52. The molecule has 0 saturated heterocycles. The van der Waals surface area contributed by atoms with Crippen molar-refractivity contribution in [3.05, 3.63) is 47.3 Å². The van der Waals surface area contributed by atoms with Crippen molar-refractivity contribution in [2.45, 2.75) is 13.5 Å². The lowest BCUT2D eigenvalue weighted by atomic mass is 10.2. The summed E-state index contributed by atoms with van der Waals surface area (Å²) in [6.07, 6.45) is 1.52. The van der Waals surface area contributed by atoms with E-state index in [0.717, 1.165) is 11.3 Å². The van der Waals surface area contributed by atoms with Gasteiger partial charge in [0.05, 0.1) is 6.20 Å². The first-order chi connectivity index (χ1) is 8.59. The molecule has 0 radical (unpaired) electrons. The minimum absolute atomic E-state index is 0.156. The van der Waals surface area contributed by atoms with E-state index < -0.39 is 5.97 Å². The Morgan fingerprint density at radius 2 is 2.17 bits per heavy atom. The molecule has 94 valence electrons. The largest absolute Gasteiger partial charge is 0.488 e. The van der Waals surface area contributed by atoms with Crippen molar-refractivity contribution in [2.24, 2.45) is 7.05 Å². The number of aryl methyl sites for hydroxylation is 2. The predicted octanol–water partition coefficient (Wildman–Crippen LogP) is 2.01. The number of rotatable bonds is 4. The Labute approximate surface area is 105 Å². The summed E-state index contributed by atoms with van der Waals surface area (Å²) in [4.78, 5) is 11.1. The monoisotopic (exact) mass is 246 g/mol. The van der Waals surface area contributed by atoms with Gasteiger partial charge in [-0.25, -0.2) is 4.79 Å². The van der Waals surface area contributed by atoms with Crippen LogP contribution in [0.3, 0.4) is 0 Å². The summed E-state index contributed by atoms with van der Waals surface area (Å²) in [7, 11) is 1.60. The Kier molecular flexibility index (Phi) is 3.32. The minimum atomic E-state index is -1.00. The molecule has 5 heteroatoms. The highest BCUT2D eigenvalue weighted by molar-refractivity contribution is 5.87. The number of hydrogen-bond donors (Lipinski definition) is 1. The smallest absolute Gasteiger partial charge is 0.354 e. The molecule has 0 amide bonds. The average Bonchev–Trinajstić information content (AvgIpc) is 2.69. The molecular formula is C13H14N2O3. The van der Waals surface area contributed by atoms with E-state index in [1.165, 1.54) is 10.9 Å². The maximum Gasteiger partial charge on any atom is 0.354 e. The van der Waals surface area contributed by atoms with Gasteiger partial charge in [0.1, 0.15) is 12.4 Å². The molecule has 0 aliphatic heterocycles. The van der Waals surface area contributed by atoms with E-state index in [1.54, 1.807) is 7.05 Å². The predicted molar refractivity (Wildman–Crippen MR) is 65.7 cm³/mol. The molecule has 1 heterocycles. The van der Waals surface area contributed by atoms with Crippen molar-refractivity contribution in [1.29, 1.82) is 0 Å². The second kappa shape index (κ2) is 4.91. The van der Waals surface area contributed by atoms with E-state index >= 15 is 0 Å². The van der Waals surface area contributed by atoms with E-state index in [2.05, 4.69) is 5.10 Å². The summed E-state index contributed by atoms with van der Waals surface area (Å²) in [6, 6.07) is 7.60. The molecule has 2 rings (SSSR count). The summed E-state index contributed by atoms with van der Waals surface area (Å²) in [5.41, 5.74) is 1.73. The van der Waals surface area contributed by atoms with Crippen molar-refractivity contribution in [2.75, 3.05) is 0 Å². The summed E-state index contributed by atoms with van der Waals surface area (Å²) in [5.74, 6) is -0.254. The lowest BCUT2D eigenvalue weighted by molar-refractivity contribution is 0.0682. The molecule has 0 unspecified atom stereocenters. The summed E-state index contributed by atoms with van der Waals surface area (Å²) in [5, 5.41) is 13.0. The van der Waals surface area contributed by atoms with Gasteiger partial charge in [0, 0.05) is 12.6 Å². The molecule has 5 nitrogen and oxygen atoms in total.